The molecule has 4 aromatic rings. The molecule has 0 aliphatic heterocycles. The van der Waals surface area contributed by atoms with E-state index in [9.17, 15) is 22.8 Å². The summed E-state index contributed by atoms with van der Waals surface area (Å²) >= 11 is 6.01. The van der Waals surface area contributed by atoms with Gasteiger partial charge in [0.1, 0.15) is 11.9 Å². The first-order valence-electron chi connectivity index (χ1n) is 11.4. The molecule has 2 heterocycles. The Kier molecular flexibility index (Phi) is 7.31. The van der Waals surface area contributed by atoms with Crippen molar-refractivity contribution < 1.29 is 22.7 Å². The number of aromatic nitrogens is 3. The number of hydrogen-bond acceptors (Lipinski definition) is 4. The molecule has 2 atom stereocenters. The van der Waals surface area contributed by atoms with Gasteiger partial charge in [0.15, 0.2) is 0 Å². The molecular weight excluding hydrogens is 509 g/mol. The number of pyridine rings is 1. The molecule has 7 nitrogen and oxygen atoms in total. The number of aryl methyl sites for hydroxylation is 1. The molecule has 0 saturated carbocycles. The van der Waals surface area contributed by atoms with Gasteiger partial charge in [-0.05, 0) is 47.9 Å². The van der Waals surface area contributed by atoms with E-state index in [1.54, 1.807) is 86.5 Å². The predicted octanol–water partition coefficient (Wildman–Crippen LogP) is 5.20. The molecule has 0 saturated heterocycles. The van der Waals surface area contributed by atoms with Crippen LogP contribution in [-0.4, -0.2) is 32.5 Å². The minimum Gasteiger partial charge on any atom is -0.484 e. The average Bonchev–Trinajstić information content (AvgIpc) is 3.26. The minimum atomic E-state index is -5.04. The Bertz CT molecular complexity index is 1480. The number of nitrogens with zero attached hydrogens (tertiary/aromatic N) is 3. The third kappa shape index (κ3) is 5.80. The summed E-state index contributed by atoms with van der Waals surface area (Å²) in [6.45, 7) is 3.40. The van der Waals surface area contributed by atoms with Crippen molar-refractivity contribution in [2.24, 2.45) is 13.0 Å². The number of hydrogen-bond donors (Lipinski definition) is 1. The van der Waals surface area contributed by atoms with E-state index in [0.29, 0.717) is 27.4 Å². The maximum atomic E-state index is 13.1. The molecule has 37 heavy (non-hydrogen) atoms. The molecule has 0 unspecified atom stereocenters. The maximum Gasteiger partial charge on any atom is 0.471 e. The van der Waals surface area contributed by atoms with E-state index in [1.165, 1.54) is 10.6 Å². The van der Waals surface area contributed by atoms with Crippen LogP contribution in [0.15, 0.2) is 71.8 Å². The lowest BCUT2D eigenvalue weighted by Gasteiger charge is -2.32. The lowest BCUT2D eigenvalue weighted by molar-refractivity contribution is -0.175. The van der Waals surface area contributed by atoms with E-state index in [-0.39, 0.29) is 5.56 Å². The van der Waals surface area contributed by atoms with Crippen LogP contribution in [0, 0.1) is 5.92 Å². The normalized spacial score (nSPS) is 13.5. The van der Waals surface area contributed by atoms with Gasteiger partial charge in [0.25, 0.3) is 0 Å². The van der Waals surface area contributed by atoms with Crippen LogP contribution in [0.2, 0.25) is 5.02 Å². The van der Waals surface area contributed by atoms with Crippen LogP contribution in [0.5, 0.6) is 5.75 Å². The molecule has 0 fully saturated rings. The molecular formula is C26H24ClF3N4O3. The highest BCUT2D eigenvalue weighted by Crippen LogP contribution is 2.32. The van der Waals surface area contributed by atoms with Gasteiger partial charge in [-0.3, -0.25) is 9.59 Å². The number of alkyl halides is 3. The van der Waals surface area contributed by atoms with Crippen molar-refractivity contribution in [3.63, 3.8) is 0 Å². The fraction of sp³-hybridized carbons (Fsp3) is 0.269. The van der Waals surface area contributed by atoms with Gasteiger partial charge >= 0.3 is 12.1 Å². The fourth-order valence-corrected chi connectivity index (χ4v) is 4.09. The zero-order chi connectivity index (χ0) is 26.9. The monoisotopic (exact) mass is 532 g/mol. The highest BCUT2D eigenvalue weighted by molar-refractivity contribution is 6.30. The number of ether oxygens (including phenoxy) is 1. The Balaban J connectivity index is 1.70. The summed E-state index contributed by atoms with van der Waals surface area (Å²) in [6, 6.07) is 13.8. The minimum absolute atomic E-state index is 0.151. The Morgan fingerprint density at radius 2 is 1.78 bits per heavy atom. The second kappa shape index (κ2) is 10.3. The van der Waals surface area contributed by atoms with Gasteiger partial charge in [-0.15, -0.1) is 0 Å². The van der Waals surface area contributed by atoms with E-state index in [0.717, 1.165) is 5.52 Å². The second-order valence-electron chi connectivity index (χ2n) is 8.94. The predicted molar refractivity (Wildman–Crippen MR) is 134 cm³/mol. The highest BCUT2D eigenvalue weighted by Gasteiger charge is 2.42. The summed E-state index contributed by atoms with van der Waals surface area (Å²) in [4.78, 5) is 23.6. The fourth-order valence-electron chi connectivity index (χ4n) is 3.97. The molecule has 0 aliphatic carbocycles. The van der Waals surface area contributed by atoms with Gasteiger partial charge in [0.2, 0.25) is 5.56 Å². The number of benzene rings is 2. The molecule has 11 heteroatoms. The maximum absolute atomic E-state index is 13.1. The van der Waals surface area contributed by atoms with Gasteiger partial charge in [-0.25, -0.2) is 4.68 Å². The van der Waals surface area contributed by atoms with Crippen molar-refractivity contribution in [3.8, 4) is 11.4 Å². The Morgan fingerprint density at radius 3 is 2.41 bits per heavy atom. The molecule has 1 amide bonds. The molecule has 2 aromatic carbocycles. The van der Waals surface area contributed by atoms with Crippen LogP contribution >= 0.6 is 11.6 Å². The van der Waals surface area contributed by atoms with E-state index in [4.69, 9.17) is 16.3 Å². The van der Waals surface area contributed by atoms with Gasteiger partial charge in [0, 0.05) is 29.7 Å². The van der Waals surface area contributed by atoms with E-state index < -0.39 is 30.1 Å². The summed E-state index contributed by atoms with van der Waals surface area (Å²) in [5.74, 6) is -2.06. The number of carbonyl (C=O) groups excluding carboxylic acids is 1. The molecule has 0 aliphatic rings. The summed E-state index contributed by atoms with van der Waals surface area (Å²) < 4.78 is 48.6. The number of halogens is 4. The van der Waals surface area contributed by atoms with Crippen LogP contribution in [0.4, 0.5) is 13.2 Å². The van der Waals surface area contributed by atoms with Crippen LogP contribution in [0.1, 0.15) is 25.5 Å². The number of amides is 1. The Labute approximate surface area is 215 Å². The van der Waals surface area contributed by atoms with Crippen molar-refractivity contribution in [1.82, 2.24) is 19.7 Å². The van der Waals surface area contributed by atoms with Crippen LogP contribution in [0.25, 0.3) is 16.6 Å². The second-order valence-corrected chi connectivity index (χ2v) is 9.38. The first-order chi connectivity index (χ1) is 17.4. The van der Waals surface area contributed by atoms with Crippen molar-refractivity contribution in [3.05, 3.63) is 87.9 Å². The Morgan fingerprint density at radius 1 is 1.08 bits per heavy atom. The van der Waals surface area contributed by atoms with Gasteiger partial charge in [-0.1, -0.05) is 37.6 Å². The topological polar surface area (TPSA) is 78.2 Å². The number of nitrogens with one attached hydrogen (secondary N) is 1. The molecule has 1 N–H and O–H groups in total. The summed E-state index contributed by atoms with van der Waals surface area (Å²) in [5, 5.41) is 7.66. The molecule has 4 rings (SSSR count). The first kappa shape index (κ1) is 26.3. The third-order valence-electron chi connectivity index (χ3n) is 5.92. The standard InChI is InChI=1S/C26H24ClF3N4O3/c1-15(2)23(32-25(36)26(28,29)30)24(16-4-6-18(27)7-5-16)37-20-9-10-21-17(12-20)13-31-34(21)19-8-11-22(35)33(3)14-19/h4-15,23-24H,1-3H3,(H,32,36)/t23-,24+/m0/s1. The quantitative estimate of drug-likeness (QED) is 0.355. The summed E-state index contributed by atoms with van der Waals surface area (Å²) in [7, 11) is 1.64. The van der Waals surface area contributed by atoms with Crippen molar-refractivity contribution in [1.29, 1.82) is 0 Å². The third-order valence-corrected chi connectivity index (χ3v) is 6.17. The molecule has 0 radical (unpaired) electrons. The zero-order valence-electron chi connectivity index (χ0n) is 20.2. The average molecular weight is 533 g/mol. The van der Waals surface area contributed by atoms with Crippen LogP contribution in [0.3, 0.4) is 0 Å². The van der Waals surface area contributed by atoms with Crippen LogP contribution < -0.4 is 15.6 Å². The number of rotatable bonds is 7. The van der Waals surface area contributed by atoms with Crippen molar-refractivity contribution in [2.45, 2.75) is 32.2 Å². The van der Waals surface area contributed by atoms with E-state index in [2.05, 4.69) is 10.4 Å². The molecule has 2 aromatic heterocycles. The number of carbonyl (C=O) groups is 1. The smallest absolute Gasteiger partial charge is 0.471 e. The summed E-state index contributed by atoms with van der Waals surface area (Å²) in [5.41, 5.74) is 1.81. The molecule has 194 valence electrons. The van der Waals surface area contributed by atoms with Gasteiger partial charge in [0.05, 0.1) is 23.4 Å². The van der Waals surface area contributed by atoms with Crippen molar-refractivity contribution in [2.75, 3.05) is 0 Å². The van der Waals surface area contributed by atoms with Gasteiger partial charge in [-0.2, -0.15) is 18.3 Å². The van der Waals surface area contributed by atoms with E-state index in [1.807, 2.05) is 0 Å². The lowest BCUT2D eigenvalue weighted by atomic mass is 9.93. The SMILES string of the molecule is CC(C)[C@H](NC(=O)C(F)(F)F)[C@H](Oc1ccc2c(cnn2-c2ccc(=O)n(C)c2)c1)c1ccc(Cl)cc1. The zero-order valence-corrected chi connectivity index (χ0v) is 20.9. The van der Waals surface area contributed by atoms with Crippen molar-refractivity contribution >= 4 is 28.4 Å². The largest absolute Gasteiger partial charge is 0.484 e. The molecule has 0 bridgehead atoms. The Hall–Kier alpha value is -3.79. The molecule has 0 spiro atoms. The van der Waals surface area contributed by atoms with E-state index >= 15 is 0 Å². The summed E-state index contributed by atoms with van der Waals surface area (Å²) in [6.07, 6.45) is -2.70. The van der Waals surface area contributed by atoms with Crippen LogP contribution in [-0.2, 0) is 11.8 Å². The lowest BCUT2D eigenvalue weighted by Crippen LogP contribution is -2.49. The number of fused-ring (bicyclic) bond motifs is 1. The highest BCUT2D eigenvalue weighted by atomic mass is 35.5. The van der Waals surface area contributed by atoms with Gasteiger partial charge < -0.3 is 14.6 Å². The first-order valence-corrected chi connectivity index (χ1v) is 11.8.